The molecule has 0 aliphatic rings. The molecule has 152 valence electrons. The summed E-state index contributed by atoms with van der Waals surface area (Å²) in [6.07, 6.45) is 1.05. The molecule has 2 heterocycles. The topological polar surface area (TPSA) is 81.9 Å². The molecule has 2 aromatic carbocycles. The third-order valence-electron chi connectivity index (χ3n) is 4.29. The molecule has 1 atom stereocenters. The number of aromatic nitrogens is 2. The Kier molecular flexibility index (Phi) is 5.76. The highest BCUT2D eigenvalue weighted by atomic mass is 32.1. The van der Waals surface area contributed by atoms with Gasteiger partial charge in [-0.25, -0.2) is 4.98 Å². The van der Waals surface area contributed by atoms with Gasteiger partial charge in [0.25, 0.3) is 11.5 Å². The summed E-state index contributed by atoms with van der Waals surface area (Å²) < 4.78 is 12.8. The first-order valence-electron chi connectivity index (χ1n) is 9.30. The minimum Gasteiger partial charge on any atom is -0.487 e. The minimum atomic E-state index is -0.638. The molecule has 7 nitrogen and oxygen atoms in total. The molecule has 0 radical (unpaired) electrons. The maximum absolute atomic E-state index is 12.3. The number of amides is 1. The predicted molar refractivity (Wildman–Crippen MR) is 115 cm³/mol. The lowest BCUT2D eigenvalue weighted by Crippen LogP contribution is -2.30. The number of rotatable bonds is 7. The Labute approximate surface area is 176 Å². The number of anilines is 1. The maximum Gasteiger partial charge on any atom is 0.265 e. The lowest BCUT2D eigenvalue weighted by molar-refractivity contribution is -0.122. The van der Waals surface area contributed by atoms with Gasteiger partial charge in [0.1, 0.15) is 18.1 Å². The van der Waals surface area contributed by atoms with E-state index in [9.17, 15) is 9.59 Å². The van der Waals surface area contributed by atoms with Crippen LogP contribution >= 0.6 is 11.3 Å². The third kappa shape index (κ3) is 4.66. The van der Waals surface area contributed by atoms with Gasteiger partial charge in [0.15, 0.2) is 11.1 Å². The van der Waals surface area contributed by atoms with E-state index in [-0.39, 0.29) is 18.1 Å². The molecule has 1 amide bonds. The van der Waals surface area contributed by atoms with E-state index in [1.54, 1.807) is 49.5 Å². The van der Waals surface area contributed by atoms with Gasteiger partial charge in [-0.2, -0.15) is 0 Å². The van der Waals surface area contributed by atoms with Crippen molar-refractivity contribution in [3.8, 4) is 11.5 Å². The van der Waals surface area contributed by atoms with Crippen molar-refractivity contribution >= 4 is 27.9 Å². The Hall–Kier alpha value is -3.65. The Morgan fingerprint density at radius 2 is 1.90 bits per heavy atom. The van der Waals surface area contributed by atoms with E-state index in [2.05, 4.69) is 10.3 Å². The van der Waals surface area contributed by atoms with E-state index in [4.69, 9.17) is 9.47 Å². The first kappa shape index (κ1) is 19.7. The van der Waals surface area contributed by atoms with Crippen molar-refractivity contribution in [2.24, 2.45) is 0 Å². The predicted octanol–water partition coefficient (Wildman–Crippen LogP) is 3.74. The van der Waals surface area contributed by atoms with Crippen molar-refractivity contribution < 1.29 is 14.3 Å². The van der Waals surface area contributed by atoms with Gasteiger partial charge in [0.05, 0.1) is 5.69 Å². The second-order valence-electron chi connectivity index (χ2n) is 6.52. The summed E-state index contributed by atoms with van der Waals surface area (Å²) in [5.74, 6) is 0.995. The van der Waals surface area contributed by atoms with Gasteiger partial charge in [-0.15, -0.1) is 11.3 Å². The average molecular weight is 421 g/mol. The van der Waals surface area contributed by atoms with Crippen LogP contribution < -0.4 is 20.3 Å². The number of para-hydroxylation sites is 1. The quantitative estimate of drug-likeness (QED) is 0.492. The number of ether oxygens (including phenoxy) is 2. The number of nitrogens with one attached hydrogen (secondary N) is 1. The highest BCUT2D eigenvalue weighted by Crippen LogP contribution is 2.18. The number of nitrogens with zero attached hydrogens (tertiary/aromatic N) is 2. The lowest BCUT2D eigenvalue weighted by Gasteiger charge is -2.15. The molecule has 0 saturated heterocycles. The van der Waals surface area contributed by atoms with E-state index in [1.807, 2.05) is 23.6 Å². The molecule has 0 bridgehead atoms. The van der Waals surface area contributed by atoms with Crippen LogP contribution in [0.15, 0.2) is 77.0 Å². The van der Waals surface area contributed by atoms with Gasteiger partial charge in [-0.05, 0) is 43.3 Å². The molecular weight excluding hydrogens is 402 g/mol. The summed E-state index contributed by atoms with van der Waals surface area (Å²) in [7, 11) is 0. The molecule has 0 saturated carbocycles. The normalized spacial score (nSPS) is 11.8. The van der Waals surface area contributed by atoms with E-state index >= 15 is 0 Å². The Balaban J connectivity index is 1.33. The largest absolute Gasteiger partial charge is 0.487 e. The molecule has 0 fully saturated rings. The molecule has 30 heavy (non-hydrogen) atoms. The molecule has 8 heteroatoms. The van der Waals surface area contributed by atoms with Gasteiger partial charge in [-0.1, -0.05) is 18.2 Å². The monoisotopic (exact) mass is 421 g/mol. The van der Waals surface area contributed by atoms with Crippen LogP contribution in [0.3, 0.4) is 0 Å². The fraction of sp³-hybridized carbons (Fsp3) is 0.136. The van der Waals surface area contributed by atoms with E-state index < -0.39 is 6.10 Å². The molecular formula is C22H19N3O4S. The number of carbonyl (C=O) groups excluding carboxylic acids is 1. The van der Waals surface area contributed by atoms with Crippen molar-refractivity contribution in [1.82, 2.24) is 9.38 Å². The van der Waals surface area contributed by atoms with Crippen LogP contribution in [0.4, 0.5) is 5.69 Å². The standard InChI is InChI=1S/C22H19N3O4S/c1-15(29-19-5-3-2-4-6-19)21(27)23-16-7-9-18(10-8-16)28-14-17-13-20(26)25-11-12-30-22(25)24-17/h2-13,15H,14H2,1H3,(H,23,27)/t15-/m0/s1. The van der Waals surface area contributed by atoms with E-state index in [0.717, 1.165) is 0 Å². The molecule has 4 aromatic rings. The maximum atomic E-state index is 12.3. The first-order chi connectivity index (χ1) is 14.6. The van der Waals surface area contributed by atoms with E-state index in [1.165, 1.54) is 21.8 Å². The van der Waals surface area contributed by atoms with Crippen molar-refractivity contribution in [2.45, 2.75) is 19.6 Å². The Morgan fingerprint density at radius 3 is 2.67 bits per heavy atom. The highest BCUT2D eigenvalue weighted by molar-refractivity contribution is 7.15. The van der Waals surface area contributed by atoms with Gasteiger partial charge >= 0.3 is 0 Å². The highest BCUT2D eigenvalue weighted by Gasteiger charge is 2.14. The Bertz CT molecular complexity index is 1200. The van der Waals surface area contributed by atoms with Gasteiger partial charge in [-0.3, -0.25) is 14.0 Å². The second-order valence-corrected chi connectivity index (χ2v) is 7.39. The fourth-order valence-electron chi connectivity index (χ4n) is 2.75. The molecule has 0 spiro atoms. The van der Waals surface area contributed by atoms with Gasteiger partial charge < -0.3 is 14.8 Å². The summed E-state index contributed by atoms with van der Waals surface area (Å²) in [5.41, 5.74) is 1.06. The number of hydrogen-bond donors (Lipinski definition) is 1. The van der Waals surface area contributed by atoms with Crippen LogP contribution in [0.5, 0.6) is 11.5 Å². The molecule has 2 aromatic heterocycles. The minimum absolute atomic E-state index is 0.134. The fourth-order valence-corrected chi connectivity index (χ4v) is 3.49. The van der Waals surface area contributed by atoms with Gasteiger partial charge in [0, 0.05) is 23.3 Å². The zero-order chi connectivity index (χ0) is 20.9. The smallest absolute Gasteiger partial charge is 0.265 e. The molecule has 0 unspecified atom stereocenters. The summed E-state index contributed by atoms with van der Waals surface area (Å²) in [4.78, 5) is 29.4. The van der Waals surface area contributed by atoms with Crippen molar-refractivity contribution in [2.75, 3.05) is 5.32 Å². The number of fused-ring (bicyclic) bond motifs is 1. The van der Waals surface area contributed by atoms with Crippen LogP contribution in [-0.2, 0) is 11.4 Å². The van der Waals surface area contributed by atoms with Crippen molar-refractivity contribution in [3.05, 3.63) is 88.3 Å². The first-order valence-corrected chi connectivity index (χ1v) is 10.2. The number of carbonyl (C=O) groups is 1. The average Bonchev–Trinajstić information content (AvgIpc) is 3.23. The number of hydrogen-bond acceptors (Lipinski definition) is 6. The van der Waals surface area contributed by atoms with E-state index in [0.29, 0.717) is 27.8 Å². The van der Waals surface area contributed by atoms with Crippen LogP contribution in [0.25, 0.3) is 4.96 Å². The van der Waals surface area contributed by atoms with Crippen LogP contribution in [0, 0.1) is 0 Å². The molecule has 0 aliphatic heterocycles. The zero-order valence-electron chi connectivity index (χ0n) is 16.1. The third-order valence-corrected chi connectivity index (χ3v) is 5.05. The summed E-state index contributed by atoms with van der Waals surface area (Å²) >= 11 is 1.39. The van der Waals surface area contributed by atoms with Crippen LogP contribution in [0.1, 0.15) is 12.6 Å². The van der Waals surface area contributed by atoms with Crippen molar-refractivity contribution in [1.29, 1.82) is 0 Å². The molecule has 1 N–H and O–H groups in total. The number of thiazole rings is 1. The summed E-state index contributed by atoms with van der Waals surface area (Å²) in [6.45, 7) is 1.87. The van der Waals surface area contributed by atoms with Crippen LogP contribution in [-0.4, -0.2) is 21.4 Å². The van der Waals surface area contributed by atoms with Crippen molar-refractivity contribution in [3.63, 3.8) is 0 Å². The Morgan fingerprint density at radius 1 is 1.13 bits per heavy atom. The lowest BCUT2D eigenvalue weighted by atomic mass is 10.2. The molecule has 4 rings (SSSR count). The SMILES string of the molecule is C[C@H](Oc1ccccc1)C(=O)Nc1ccc(OCc2cc(=O)n3ccsc3n2)cc1. The zero-order valence-corrected chi connectivity index (χ0v) is 17.0. The van der Waals surface area contributed by atoms with Crippen LogP contribution in [0.2, 0.25) is 0 Å². The summed E-state index contributed by atoms with van der Waals surface area (Å²) in [6, 6.07) is 17.6. The molecule has 0 aliphatic carbocycles. The van der Waals surface area contributed by atoms with Gasteiger partial charge in [0.2, 0.25) is 0 Å². The number of benzene rings is 2. The summed E-state index contributed by atoms with van der Waals surface area (Å²) in [5, 5.41) is 4.63. The second kappa shape index (κ2) is 8.79.